The van der Waals surface area contributed by atoms with Crippen LogP contribution in [0, 0.1) is 13.8 Å². The van der Waals surface area contributed by atoms with Gasteiger partial charge in [0.15, 0.2) is 0 Å². The van der Waals surface area contributed by atoms with Crippen molar-refractivity contribution < 1.29 is 28.7 Å². The second-order valence-electron chi connectivity index (χ2n) is 16.0. The molecule has 2 fully saturated rings. The number of rotatable bonds is 6. The summed E-state index contributed by atoms with van der Waals surface area (Å²) in [4.78, 5) is 77.0. The van der Waals surface area contributed by atoms with Gasteiger partial charge in [-0.1, -0.05) is 0 Å². The fraction of sp³-hybridized carbons (Fsp3) is 0.286. The zero-order chi connectivity index (χ0) is 44.7. The van der Waals surface area contributed by atoms with Crippen molar-refractivity contribution in [1.29, 1.82) is 0 Å². The Morgan fingerprint density at radius 1 is 0.629 bits per heavy atom. The summed E-state index contributed by atoms with van der Waals surface area (Å²) in [5, 5.41) is 8.00. The number of hydrogen-bond donors (Lipinski definition) is 6. The molecule has 2 atom stereocenters. The van der Waals surface area contributed by atoms with Gasteiger partial charge in [-0.05, 0) is 73.9 Å². The van der Waals surface area contributed by atoms with Crippen LogP contribution in [0.2, 0.25) is 0 Å². The highest BCUT2D eigenvalue weighted by atomic mass is 16.6. The Morgan fingerprint density at radius 2 is 1.02 bits per heavy atom. The third-order valence-corrected chi connectivity index (χ3v) is 10.7. The Bertz CT molecular complexity index is 2610. The van der Waals surface area contributed by atoms with E-state index >= 15 is 0 Å². The summed E-state index contributed by atoms with van der Waals surface area (Å²) in [6.07, 6.45) is 8.50. The van der Waals surface area contributed by atoms with Crippen molar-refractivity contribution in [2.45, 2.75) is 51.7 Å². The molecule has 320 valence electrons. The van der Waals surface area contributed by atoms with Gasteiger partial charge in [0.05, 0.1) is 61.1 Å². The molecule has 0 saturated carbocycles. The van der Waals surface area contributed by atoms with E-state index < -0.39 is 23.4 Å². The van der Waals surface area contributed by atoms with Crippen molar-refractivity contribution >= 4 is 80.2 Å². The van der Waals surface area contributed by atoms with Crippen molar-refractivity contribution in [3.05, 3.63) is 72.6 Å². The SMILES string of the molecule is Cc1c(N)cncc1-c1cc2cc(NC(=O)O[C@@]3(C)CC(=O)N(C)C3)ncc2c(N)n1.Cc1c(N)cncc1-c1cc2cc(NC(=O)O[C@]3(C)CC(=O)N(C)C3)ncc2c(N)n1. The first kappa shape index (κ1) is 42.2. The molecule has 6 aromatic heterocycles. The third kappa shape index (κ3) is 8.83. The van der Waals surface area contributed by atoms with E-state index in [1.165, 1.54) is 22.2 Å². The van der Waals surface area contributed by atoms with Gasteiger partial charge in [-0.25, -0.2) is 29.5 Å². The van der Waals surface area contributed by atoms with Gasteiger partial charge < -0.3 is 42.2 Å². The quantitative estimate of drug-likeness (QED) is 0.133. The van der Waals surface area contributed by atoms with Gasteiger partial charge in [0.25, 0.3) is 0 Å². The van der Waals surface area contributed by atoms with Gasteiger partial charge >= 0.3 is 12.2 Å². The highest BCUT2D eigenvalue weighted by Crippen LogP contribution is 2.33. The fourth-order valence-corrected chi connectivity index (χ4v) is 7.41. The summed E-state index contributed by atoms with van der Waals surface area (Å²) < 4.78 is 11.0. The number of carbonyl (C=O) groups excluding carboxylic acids is 4. The van der Waals surface area contributed by atoms with Gasteiger partial charge in [-0.2, -0.15) is 0 Å². The van der Waals surface area contributed by atoms with Crippen LogP contribution in [-0.2, 0) is 19.1 Å². The lowest BCUT2D eigenvalue weighted by Gasteiger charge is -2.23. The molecule has 0 spiro atoms. The highest BCUT2D eigenvalue weighted by molar-refractivity contribution is 5.98. The summed E-state index contributed by atoms with van der Waals surface area (Å²) in [5.74, 6) is 1.05. The van der Waals surface area contributed by atoms with Crippen molar-refractivity contribution in [2.24, 2.45) is 0 Å². The van der Waals surface area contributed by atoms with Crippen LogP contribution >= 0.6 is 0 Å². The van der Waals surface area contributed by atoms with Gasteiger partial charge in [0, 0.05) is 60.8 Å². The Labute approximate surface area is 355 Å². The molecule has 0 bridgehead atoms. The molecule has 0 unspecified atom stereocenters. The summed E-state index contributed by atoms with van der Waals surface area (Å²) in [5.41, 5.74) is 28.0. The molecule has 0 aliphatic carbocycles. The molecule has 8 rings (SSSR count). The van der Waals surface area contributed by atoms with Crippen LogP contribution in [-0.4, -0.2) is 102 Å². The summed E-state index contributed by atoms with van der Waals surface area (Å²) in [6.45, 7) is 7.89. The first-order valence-corrected chi connectivity index (χ1v) is 19.3. The van der Waals surface area contributed by atoms with Crippen LogP contribution in [0.15, 0.2) is 61.4 Å². The van der Waals surface area contributed by atoms with Crippen LogP contribution in [0.3, 0.4) is 0 Å². The van der Waals surface area contributed by atoms with E-state index in [9.17, 15) is 19.2 Å². The van der Waals surface area contributed by atoms with E-state index in [0.717, 1.165) is 33.0 Å². The topological polar surface area (TPSA) is 299 Å². The predicted octanol–water partition coefficient (Wildman–Crippen LogP) is 4.67. The van der Waals surface area contributed by atoms with Gasteiger partial charge in [-0.15, -0.1) is 0 Å². The highest BCUT2D eigenvalue weighted by Gasteiger charge is 2.42. The number of nitrogens with one attached hydrogen (secondary N) is 2. The van der Waals surface area contributed by atoms with Crippen molar-refractivity contribution in [3.8, 4) is 22.5 Å². The van der Waals surface area contributed by atoms with Gasteiger partial charge in [-0.3, -0.25) is 30.2 Å². The minimum absolute atomic E-state index is 0.0685. The normalized spacial score (nSPS) is 18.4. The zero-order valence-electron chi connectivity index (χ0n) is 34.9. The number of amides is 4. The number of pyridine rings is 6. The largest absolute Gasteiger partial charge is 0.441 e. The molecule has 10 N–H and O–H groups in total. The number of carbonyl (C=O) groups is 4. The lowest BCUT2D eigenvalue weighted by molar-refractivity contribution is -0.127. The van der Waals surface area contributed by atoms with E-state index in [0.29, 0.717) is 58.3 Å². The molecule has 6 aromatic rings. The number of fused-ring (bicyclic) bond motifs is 2. The molecular formula is C42H46N14O6. The number of hydrogen-bond acceptors (Lipinski definition) is 16. The van der Waals surface area contributed by atoms with Crippen LogP contribution in [0.5, 0.6) is 0 Å². The molecular weight excluding hydrogens is 797 g/mol. The minimum atomic E-state index is -0.883. The first-order valence-electron chi connectivity index (χ1n) is 19.3. The number of nitrogen functional groups attached to an aromatic ring is 4. The lowest BCUT2D eigenvalue weighted by atomic mass is 10.0. The van der Waals surface area contributed by atoms with E-state index in [1.807, 2.05) is 26.0 Å². The van der Waals surface area contributed by atoms with Crippen molar-refractivity contribution in [1.82, 2.24) is 39.7 Å². The maximum Gasteiger partial charge on any atom is 0.413 e. The van der Waals surface area contributed by atoms with E-state index in [2.05, 4.69) is 40.5 Å². The van der Waals surface area contributed by atoms with Crippen LogP contribution in [0.1, 0.15) is 37.8 Å². The number of likely N-dealkylation sites (N-methyl/N-ethyl adjacent to an activating group) is 2. The third-order valence-electron chi connectivity index (χ3n) is 10.7. The van der Waals surface area contributed by atoms with Crippen molar-refractivity contribution in [3.63, 3.8) is 0 Å². The molecule has 2 saturated heterocycles. The Kier molecular flexibility index (Phi) is 11.1. The Morgan fingerprint density at radius 3 is 1.37 bits per heavy atom. The first-order chi connectivity index (χ1) is 29.3. The summed E-state index contributed by atoms with van der Waals surface area (Å²) in [7, 11) is 3.35. The van der Waals surface area contributed by atoms with Crippen LogP contribution in [0.25, 0.3) is 44.1 Å². The van der Waals surface area contributed by atoms with Crippen LogP contribution in [0.4, 0.5) is 44.2 Å². The Hall–Kier alpha value is -7.90. The zero-order valence-corrected chi connectivity index (χ0v) is 34.9. The number of aromatic nitrogens is 6. The molecule has 20 heteroatoms. The van der Waals surface area contributed by atoms with E-state index in [4.69, 9.17) is 32.4 Å². The molecule has 62 heavy (non-hydrogen) atoms. The smallest absolute Gasteiger partial charge is 0.413 e. The molecule has 4 amide bonds. The predicted molar refractivity (Wildman–Crippen MR) is 234 cm³/mol. The van der Waals surface area contributed by atoms with Crippen molar-refractivity contribution in [2.75, 3.05) is 60.8 Å². The summed E-state index contributed by atoms with van der Waals surface area (Å²) >= 11 is 0. The number of nitrogens with zero attached hydrogens (tertiary/aromatic N) is 8. The molecule has 20 nitrogen and oxygen atoms in total. The van der Waals surface area contributed by atoms with E-state index in [-0.39, 0.29) is 36.3 Å². The second-order valence-corrected chi connectivity index (χ2v) is 16.0. The Balaban J connectivity index is 0.000000186. The maximum absolute atomic E-state index is 12.4. The van der Waals surface area contributed by atoms with Crippen LogP contribution < -0.4 is 33.6 Å². The fourth-order valence-electron chi connectivity index (χ4n) is 7.41. The monoisotopic (exact) mass is 842 g/mol. The molecule has 0 radical (unpaired) electrons. The maximum atomic E-state index is 12.4. The molecule has 2 aliphatic rings. The van der Waals surface area contributed by atoms with Gasteiger partial charge in [0.1, 0.15) is 34.5 Å². The average molecular weight is 843 g/mol. The number of ether oxygens (including phenoxy) is 2. The molecule has 2 aliphatic heterocycles. The standard InChI is InChI=1S/2C21H23N7O3/c2*1-11-13(7-24-9-15(11)22)16-4-12-5-17(25-8-14(12)19(23)26-16)27-20(30)31-21(2)6-18(29)28(3)10-21/h2*4-5,7-9H,6,10,22H2,1-3H3,(H2,23,26)(H,25,27,30)/t2*21-/m10/s1. The number of likely N-dealkylation sites (tertiary alicyclic amines) is 2. The molecule has 8 heterocycles. The average Bonchev–Trinajstić information content (AvgIpc) is 3.61. The minimum Gasteiger partial charge on any atom is -0.441 e. The number of nitrogens with two attached hydrogens (primary N) is 4. The lowest BCUT2D eigenvalue weighted by Crippen LogP contribution is -2.36. The van der Waals surface area contributed by atoms with Gasteiger partial charge in [0.2, 0.25) is 11.8 Å². The van der Waals surface area contributed by atoms with E-state index in [1.54, 1.807) is 64.9 Å². The number of anilines is 6. The molecule has 0 aromatic carbocycles. The second kappa shape index (κ2) is 16.3. The summed E-state index contributed by atoms with van der Waals surface area (Å²) in [6, 6.07) is 7.03.